The monoisotopic (exact) mass is 720 g/mol. The van der Waals surface area contributed by atoms with Gasteiger partial charge in [0.25, 0.3) is 0 Å². The molecule has 0 spiro atoms. The van der Waals surface area contributed by atoms with Gasteiger partial charge in [-0.25, -0.2) is 0 Å². The van der Waals surface area contributed by atoms with Crippen molar-refractivity contribution in [1.29, 1.82) is 0 Å². The van der Waals surface area contributed by atoms with E-state index in [9.17, 15) is 0 Å². The topological polar surface area (TPSA) is 0 Å². The Kier molecular flexibility index (Phi) is 7.33. The summed E-state index contributed by atoms with van der Waals surface area (Å²) in [7, 11) is 0. The van der Waals surface area contributed by atoms with Crippen molar-refractivity contribution in [2.24, 2.45) is 0 Å². The van der Waals surface area contributed by atoms with Gasteiger partial charge in [0.05, 0.1) is 0 Å². The fourth-order valence-corrected chi connectivity index (χ4v) is 10.9. The molecule has 0 nitrogen and oxygen atoms in total. The summed E-state index contributed by atoms with van der Waals surface area (Å²) in [5.41, 5.74) is 7.31. The molecule has 9 aromatic carbocycles. The highest BCUT2D eigenvalue weighted by Crippen LogP contribution is 2.49. The maximum absolute atomic E-state index is 2.43. The second-order valence-corrected chi connectivity index (χ2v) is 16.1. The molecule has 0 radical (unpaired) electrons. The molecule has 0 N–H and O–H groups in total. The van der Waals surface area contributed by atoms with Crippen LogP contribution in [0.5, 0.6) is 0 Å². The third-order valence-corrected chi connectivity index (χ3v) is 13.3. The lowest BCUT2D eigenvalue weighted by Crippen LogP contribution is -1.84. The third-order valence-electron chi connectivity index (χ3n) is 10.9. The molecular formula is C52H32S2. The highest BCUT2D eigenvalue weighted by molar-refractivity contribution is 7.30. The molecule has 2 aromatic heterocycles. The van der Waals surface area contributed by atoms with Gasteiger partial charge in [-0.1, -0.05) is 164 Å². The van der Waals surface area contributed by atoms with Crippen LogP contribution in [-0.2, 0) is 0 Å². The van der Waals surface area contributed by atoms with Gasteiger partial charge in [0.15, 0.2) is 0 Å². The lowest BCUT2D eigenvalue weighted by molar-refractivity contribution is 1.64. The summed E-state index contributed by atoms with van der Waals surface area (Å²) in [5.74, 6) is 0. The van der Waals surface area contributed by atoms with E-state index < -0.39 is 0 Å². The first-order valence-electron chi connectivity index (χ1n) is 18.4. The summed E-state index contributed by atoms with van der Waals surface area (Å²) in [6.07, 6.45) is 0. The first-order chi connectivity index (χ1) is 26.8. The molecule has 0 saturated carbocycles. The van der Waals surface area contributed by atoms with Crippen molar-refractivity contribution in [2.75, 3.05) is 0 Å². The fraction of sp³-hybridized carbons (Fsp3) is 0. The lowest BCUT2D eigenvalue weighted by atomic mass is 9.93. The third kappa shape index (κ3) is 5.03. The standard InChI is InChI=1S/C52H32S2/c1-2-7-17-40(42-19-9-8-18-41(42)39(16-6-1)33-14-4-3-5-15-33)38-27-26-34-30-35(24-25-36(34)31-38)37-28-29-48-46(32-37)49-43-20-10-11-21-44(43)51-50(52(49)54-48)45-22-12-13-23-47(45)53-51/h1-32H. The average molecular weight is 721 g/mol. The molecule has 54 heavy (non-hydrogen) atoms. The zero-order valence-corrected chi connectivity index (χ0v) is 30.9. The molecule has 0 aliphatic rings. The van der Waals surface area contributed by atoms with Crippen LogP contribution < -0.4 is 0 Å². The molecule has 0 fully saturated rings. The highest BCUT2D eigenvalue weighted by atomic mass is 32.1. The van der Waals surface area contributed by atoms with E-state index in [1.807, 2.05) is 22.7 Å². The van der Waals surface area contributed by atoms with Gasteiger partial charge >= 0.3 is 0 Å². The molecule has 2 heteroatoms. The first-order valence-corrected chi connectivity index (χ1v) is 20.1. The van der Waals surface area contributed by atoms with Crippen LogP contribution >= 0.6 is 22.7 Å². The quantitative estimate of drug-likeness (QED) is 0.170. The van der Waals surface area contributed by atoms with Crippen LogP contribution in [-0.4, -0.2) is 0 Å². The Balaban J connectivity index is 1.06. The van der Waals surface area contributed by atoms with E-state index in [0.29, 0.717) is 0 Å². The molecule has 11 aromatic rings. The Morgan fingerprint density at radius 1 is 0.259 bits per heavy atom. The number of benzene rings is 8. The first kappa shape index (κ1) is 31.2. The Hall–Kier alpha value is -6.32. The maximum Gasteiger partial charge on any atom is 0.0455 e. The van der Waals surface area contributed by atoms with Gasteiger partial charge in [-0.15, -0.1) is 22.7 Å². The Morgan fingerprint density at radius 2 is 0.759 bits per heavy atom. The molecular weight excluding hydrogens is 689 g/mol. The summed E-state index contributed by atoms with van der Waals surface area (Å²) >= 11 is 3.86. The zero-order chi connectivity index (χ0) is 35.6. The molecule has 0 atom stereocenters. The zero-order valence-electron chi connectivity index (χ0n) is 29.3. The predicted octanol–water partition coefficient (Wildman–Crippen LogP) is 16.0. The Morgan fingerprint density at radius 3 is 1.52 bits per heavy atom. The van der Waals surface area contributed by atoms with Crippen LogP contribution in [0.4, 0.5) is 0 Å². The number of rotatable bonds is 3. The Bertz CT molecular complexity index is 3330. The van der Waals surface area contributed by atoms with E-state index in [1.54, 1.807) is 0 Å². The molecule has 0 aliphatic carbocycles. The average Bonchev–Trinajstić information content (AvgIpc) is 3.81. The van der Waals surface area contributed by atoms with E-state index >= 15 is 0 Å². The van der Waals surface area contributed by atoms with Crippen LogP contribution in [0.2, 0.25) is 0 Å². The minimum Gasteiger partial charge on any atom is -0.134 e. The minimum atomic E-state index is 1.20. The van der Waals surface area contributed by atoms with E-state index in [0.717, 1.165) is 0 Å². The van der Waals surface area contributed by atoms with Crippen molar-refractivity contribution in [3.8, 4) is 33.4 Å². The van der Waals surface area contributed by atoms with Crippen LogP contribution in [0.1, 0.15) is 0 Å². The predicted molar refractivity (Wildman–Crippen MR) is 239 cm³/mol. The van der Waals surface area contributed by atoms with Gasteiger partial charge in [0.1, 0.15) is 0 Å². The van der Waals surface area contributed by atoms with Crippen LogP contribution in [0, 0.1) is 0 Å². The summed E-state index contributed by atoms with van der Waals surface area (Å²) < 4.78 is 5.48. The fourth-order valence-electron chi connectivity index (χ4n) is 8.36. The molecule has 0 bridgehead atoms. The number of hydrogen-bond acceptors (Lipinski definition) is 2. The van der Waals surface area contributed by atoms with E-state index in [2.05, 4.69) is 194 Å². The van der Waals surface area contributed by atoms with Crippen molar-refractivity contribution in [3.05, 3.63) is 194 Å². The van der Waals surface area contributed by atoms with Gasteiger partial charge in [-0.3, -0.25) is 0 Å². The summed E-state index contributed by atoms with van der Waals surface area (Å²) in [5, 5.41) is 13.1. The maximum atomic E-state index is 2.43. The number of fused-ring (bicyclic) bond motifs is 12. The molecule has 0 aliphatic heterocycles. The van der Waals surface area contributed by atoms with Gasteiger partial charge in [-0.2, -0.15) is 0 Å². The normalized spacial score (nSPS) is 11.7. The van der Waals surface area contributed by atoms with Gasteiger partial charge in [-0.05, 0) is 90.6 Å². The van der Waals surface area contributed by atoms with E-state index in [-0.39, 0.29) is 0 Å². The van der Waals surface area contributed by atoms with Gasteiger partial charge < -0.3 is 0 Å². The minimum absolute atomic E-state index is 1.20. The highest BCUT2D eigenvalue weighted by Gasteiger charge is 2.18. The molecule has 252 valence electrons. The molecule has 0 unspecified atom stereocenters. The van der Waals surface area contributed by atoms with E-state index in [4.69, 9.17) is 0 Å². The molecule has 0 saturated heterocycles. The second-order valence-electron chi connectivity index (χ2n) is 14.0. The van der Waals surface area contributed by atoms with E-state index in [1.165, 1.54) is 106 Å². The number of hydrogen-bond donors (Lipinski definition) is 0. The van der Waals surface area contributed by atoms with Crippen molar-refractivity contribution >= 4 is 95.3 Å². The Labute approximate surface area is 321 Å². The van der Waals surface area contributed by atoms with Crippen LogP contribution in [0.3, 0.4) is 0 Å². The van der Waals surface area contributed by atoms with Crippen molar-refractivity contribution in [2.45, 2.75) is 0 Å². The largest absolute Gasteiger partial charge is 0.134 e. The number of thiophene rings is 2. The molecule has 11 rings (SSSR count). The smallest absolute Gasteiger partial charge is 0.0455 e. The SMILES string of the molecule is c1ccc(-c2ccccccc(-c3ccc4cc(-c5ccc6sc7c(c6c5)c5ccccc5c5sc6ccccc6c57)ccc4c3)c3ccccc23)cc1. The molecule has 0 amide bonds. The lowest BCUT2D eigenvalue weighted by Gasteiger charge is -2.11. The second kappa shape index (κ2) is 12.7. The van der Waals surface area contributed by atoms with Gasteiger partial charge in [0.2, 0.25) is 0 Å². The summed E-state index contributed by atoms with van der Waals surface area (Å²) in [6.45, 7) is 0. The van der Waals surface area contributed by atoms with Crippen molar-refractivity contribution in [3.63, 3.8) is 0 Å². The van der Waals surface area contributed by atoms with Crippen LogP contribution in [0.15, 0.2) is 194 Å². The van der Waals surface area contributed by atoms with Crippen molar-refractivity contribution in [1.82, 2.24) is 0 Å². The molecule has 2 heterocycles. The van der Waals surface area contributed by atoms with Gasteiger partial charge in [0, 0.05) is 45.7 Å². The summed E-state index contributed by atoms with van der Waals surface area (Å²) in [4.78, 5) is 0. The van der Waals surface area contributed by atoms with Crippen molar-refractivity contribution < 1.29 is 0 Å². The summed E-state index contributed by atoms with van der Waals surface area (Å²) in [6, 6.07) is 71.3. The van der Waals surface area contributed by atoms with Crippen LogP contribution in [0.25, 0.3) is 106 Å².